The molecule has 0 saturated carbocycles. The van der Waals surface area contributed by atoms with E-state index in [9.17, 15) is 4.79 Å². The van der Waals surface area contributed by atoms with Crippen molar-refractivity contribution in [3.8, 4) is 0 Å². The maximum Gasteiger partial charge on any atom is 0.343 e. The fourth-order valence-electron chi connectivity index (χ4n) is 1.48. The van der Waals surface area contributed by atoms with Gasteiger partial charge in [-0.15, -0.1) is 0 Å². The number of methoxy groups -OCH3 is 1. The summed E-state index contributed by atoms with van der Waals surface area (Å²) in [6.07, 6.45) is 6.42. The van der Waals surface area contributed by atoms with E-state index in [1.54, 1.807) is 10.9 Å². The van der Waals surface area contributed by atoms with Crippen LogP contribution in [0.2, 0.25) is 0 Å². The predicted molar refractivity (Wildman–Crippen MR) is 63.9 cm³/mol. The van der Waals surface area contributed by atoms with Crippen LogP contribution in [-0.4, -0.2) is 32.8 Å². The summed E-state index contributed by atoms with van der Waals surface area (Å²) in [6.45, 7) is 0.523. The molecule has 0 atom stereocenters. The predicted octanol–water partition coefficient (Wildman–Crippen LogP) is 0.609. The number of nitrogens with zero attached hydrogens (tertiary/aromatic N) is 4. The number of anilines is 1. The molecule has 1 N–H and O–H groups in total. The van der Waals surface area contributed by atoms with Gasteiger partial charge in [-0.05, 0) is 0 Å². The van der Waals surface area contributed by atoms with Crippen LogP contribution in [0.3, 0.4) is 0 Å². The molecular weight excluding hydrogens is 234 g/mol. The third-order valence-corrected chi connectivity index (χ3v) is 2.34. The maximum absolute atomic E-state index is 11.5. The van der Waals surface area contributed by atoms with Gasteiger partial charge >= 0.3 is 5.97 Å². The number of hydrogen-bond acceptors (Lipinski definition) is 6. The summed E-state index contributed by atoms with van der Waals surface area (Å²) in [5.74, 6) is -0.0232. The van der Waals surface area contributed by atoms with E-state index in [-0.39, 0.29) is 0 Å². The molecular formula is C11H13N5O2. The van der Waals surface area contributed by atoms with Crippen molar-refractivity contribution in [1.29, 1.82) is 0 Å². The highest BCUT2D eigenvalue weighted by molar-refractivity contribution is 5.94. The van der Waals surface area contributed by atoms with Crippen molar-refractivity contribution < 1.29 is 9.53 Å². The number of carbonyl (C=O) groups excluding carboxylic acids is 1. The van der Waals surface area contributed by atoms with Crippen molar-refractivity contribution >= 4 is 11.8 Å². The van der Waals surface area contributed by atoms with Crippen LogP contribution in [0.1, 0.15) is 15.9 Å². The van der Waals surface area contributed by atoms with Crippen LogP contribution >= 0.6 is 0 Å². The van der Waals surface area contributed by atoms with E-state index in [4.69, 9.17) is 0 Å². The molecule has 0 aliphatic rings. The van der Waals surface area contributed by atoms with Crippen molar-refractivity contribution in [2.75, 3.05) is 12.4 Å². The van der Waals surface area contributed by atoms with Crippen LogP contribution in [0.15, 0.2) is 24.9 Å². The molecule has 7 nitrogen and oxygen atoms in total. The van der Waals surface area contributed by atoms with Crippen molar-refractivity contribution in [2.45, 2.75) is 6.54 Å². The highest BCUT2D eigenvalue weighted by atomic mass is 16.5. The molecule has 0 bridgehead atoms. The Morgan fingerprint density at radius 3 is 3.00 bits per heavy atom. The first-order valence-electron chi connectivity index (χ1n) is 5.30. The Kier molecular flexibility index (Phi) is 3.52. The van der Waals surface area contributed by atoms with Crippen LogP contribution in [0.4, 0.5) is 5.82 Å². The normalized spacial score (nSPS) is 10.1. The van der Waals surface area contributed by atoms with Crippen molar-refractivity contribution in [2.24, 2.45) is 7.05 Å². The third kappa shape index (κ3) is 2.62. The molecule has 0 aliphatic heterocycles. The quantitative estimate of drug-likeness (QED) is 0.797. The van der Waals surface area contributed by atoms with E-state index in [1.807, 2.05) is 13.2 Å². The van der Waals surface area contributed by atoms with E-state index >= 15 is 0 Å². The second-order valence-corrected chi connectivity index (χ2v) is 3.65. The number of aryl methyl sites for hydroxylation is 1. The van der Waals surface area contributed by atoms with E-state index < -0.39 is 5.97 Å². The zero-order chi connectivity index (χ0) is 13.0. The number of ether oxygens (including phenoxy) is 1. The lowest BCUT2D eigenvalue weighted by atomic mass is 10.3. The SMILES string of the molecule is COC(=O)c1cncnc1NCc1cnn(C)c1. The molecule has 94 valence electrons. The fourth-order valence-corrected chi connectivity index (χ4v) is 1.48. The molecule has 0 unspecified atom stereocenters. The summed E-state index contributed by atoms with van der Waals surface area (Å²) in [5, 5.41) is 7.11. The van der Waals surface area contributed by atoms with E-state index in [2.05, 4.69) is 25.1 Å². The Labute approximate surface area is 104 Å². The molecule has 0 radical (unpaired) electrons. The van der Waals surface area contributed by atoms with Gasteiger partial charge in [0.05, 0.1) is 13.3 Å². The molecule has 0 aliphatic carbocycles. The summed E-state index contributed by atoms with van der Waals surface area (Å²) in [7, 11) is 3.16. The Morgan fingerprint density at radius 2 is 2.33 bits per heavy atom. The molecule has 2 aromatic heterocycles. The molecule has 0 aromatic carbocycles. The zero-order valence-electron chi connectivity index (χ0n) is 10.1. The topological polar surface area (TPSA) is 81.9 Å². The number of carbonyl (C=O) groups is 1. The van der Waals surface area contributed by atoms with Crippen molar-refractivity contribution in [3.05, 3.63) is 36.0 Å². The van der Waals surface area contributed by atoms with Crippen LogP contribution < -0.4 is 5.32 Å². The molecule has 2 rings (SSSR count). The minimum absolute atomic E-state index is 0.309. The number of esters is 1. The van der Waals surface area contributed by atoms with Crippen LogP contribution in [-0.2, 0) is 18.3 Å². The molecule has 7 heteroatoms. The van der Waals surface area contributed by atoms with E-state index in [0.29, 0.717) is 17.9 Å². The van der Waals surface area contributed by atoms with Gasteiger partial charge in [-0.25, -0.2) is 14.8 Å². The maximum atomic E-state index is 11.5. The first-order valence-corrected chi connectivity index (χ1v) is 5.30. The summed E-state index contributed by atoms with van der Waals surface area (Å²) < 4.78 is 6.36. The minimum Gasteiger partial charge on any atom is -0.465 e. The van der Waals surface area contributed by atoms with Gasteiger partial charge < -0.3 is 10.1 Å². The van der Waals surface area contributed by atoms with Gasteiger partial charge in [0, 0.05) is 31.5 Å². The van der Waals surface area contributed by atoms with Gasteiger partial charge in [0.15, 0.2) is 0 Å². The molecule has 2 heterocycles. The second kappa shape index (κ2) is 5.26. The Morgan fingerprint density at radius 1 is 1.50 bits per heavy atom. The summed E-state index contributed by atoms with van der Waals surface area (Å²) in [4.78, 5) is 19.3. The summed E-state index contributed by atoms with van der Waals surface area (Å²) in [5.41, 5.74) is 1.30. The molecule has 0 fully saturated rings. The number of rotatable bonds is 4. The van der Waals surface area contributed by atoms with Gasteiger partial charge in [0.2, 0.25) is 0 Å². The Hall–Kier alpha value is -2.44. The minimum atomic E-state index is -0.468. The molecule has 2 aromatic rings. The van der Waals surface area contributed by atoms with Gasteiger partial charge in [-0.2, -0.15) is 5.10 Å². The lowest BCUT2D eigenvalue weighted by Crippen LogP contribution is -2.10. The first-order chi connectivity index (χ1) is 8.70. The van der Waals surface area contributed by atoms with Gasteiger partial charge in [-0.1, -0.05) is 0 Å². The van der Waals surface area contributed by atoms with Gasteiger partial charge in [0.25, 0.3) is 0 Å². The summed E-state index contributed by atoms with van der Waals surface area (Å²) in [6, 6.07) is 0. The number of hydrogen-bond donors (Lipinski definition) is 1. The summed E-state index contributed by atoms with van der Waals surface area (Å²) >= 11 is 0. The average Bonchev–Trinajstić information content (AvgIpc) is 2.81. The molecule has 0 saturated heterocycles. The van der Waals surface area contributed by atoms with E-state index in [0.717, 1.165) is 5.56 Å². The van der Waals surface area contributed by atoms with Crippen LogP contribution in [0, 0.1) is 0 Å². The van der Waals surface area contributed by atoms with Crippen molar-refractivity contribution in [3.63, 3.8) is 0 Å². The smallest absolute Gasteiger partial charge is 0.343 e. The van der Waals surface area contributed by atoms with Crippen LogP contribution in [0.5, 0.6) is 0 Å². The highest BCUT2D eigenvalue weighted by Gasteiger charge is 2.12. The third-order valence-electron chi connectivity index (χ3n) is 2.34. The van der Waals surface area contributed by atoms with Crippen LogP contribution in [0.25, 0.3) is 0 Å². The Bertz CT molecular complexity index is 552. The Balaban J connectivity index is 2.11. The second-order valence-electron chi connectivity index (χ2n) is 3.65. The lowest BCUT2D eigenvalue weighted by Gasteiger charge is -2.07. The zero-order valence-corrected chi connectivity index (χ0v) is 10.1. The van der Waals surface area contributed by atoms with Gasteiger partial charge in [0.1, 0.15) is 17.7 Å². The largest absolute Gasteiger partial charge is 0.465 e. The number of aromatic nitrogens is 4. The highest BCUT2D eigenvalue weighted by Crippen LogP contribution is 2.12. The van der Waals surface area contributed by atoms with E-state index in [1.165, 1.54) is 19.6 Å². The lowest BCUT2D eigenvalue weighted by molar-refractivity contribution is 0.0601. The molecule has 0 spiro atoms. The standard InChI is InChI=1S/C11H13N5O2/c1-16-6-8(4-15-16)3-13-10-9(11(17)18-2)5-12-7-14-10/h4-7H,3H2,1-2H3,(H,12,13,14). The number of nitrogens with one attached hydrogen (secondary N) is 1. The van der Waals surface area contributed by atoms with Gasteiger partial charge in [-0.3, -0.25) is 4.68 Å². The first kappa shape index (κ1) is 12.0. The fraction of sp³-hybridized carbons (Fsp3) is 0.273. The van der Waals surface area contributed by atoms with Crippen molar-refractivity contribution in [1.82, 2.24) is 19.7 Å². The molecule has 0 amide bonds. The monoisotopic (exact) mass is 247 g/mol. The molecule has 18 heavy (non-hydrogen) atoms. The average molecular weight is 247 g/mol.